The number of hydrogen-bond acceptors (Lipinski definition) is 3. The second-order valence-corrected chi connectivity index (χ2v) is 6.55. The molecule has 0 rings (SSSR count). The van der Waals surface area contributed by atoms with Crippen LogP contribution in [0.2, 0.25) is 0 Å². The topological polar surface area (TPSA) is 52.3 Å². The van der Waals surface area contributed by atoms with Crippen LogP contribution >= 0.6 is 0 Å². The average Bonchev–Trinajstić information content (AvgIpc) is 2.50. The monoisotopic (exact) mass is 337 g/mol. The van der Waals surface area contributed by atoms with Gasteiger partial charge in [0.05, 0.1) is 6.61 Å². The van der Waals surface area contributed by atoms with Crippen LogP contribution in [0.25, 0.3) is 0 Å². The summed E-state index contributed by atoms with van der Waals surface area (Å²) in [6.45, 7) is 4.46. The van der Waals surface area contributed by atoms with Gasteiger partial charge in [0.15, 0.2) is 0 Å². The van der Waals surface area contributed by atoms with Gasteiger partial charge in [0.2, 0.25) is 0 Å². The zero-order valence-corrected chi connectivity index (χ0v) is 18.1. The first-order chi connectivity index (χ1) is 10.7. The van der Waals surface area contributed by atoms with Crippen molar-refractivity contribution in [1.82, 2.24) is 0 Å². The molecule has 0 aliphatic carbocycles. The Morgan fingerprint density at radius 1 is 0.826 bits per heavy atom. The summed E-state index contributed by atoms with van der Waals surface area (Å²) >= 11 is 0. The summed E-state index contributed by atoms with van der Waals surface area (Å²) in [5.74, 6) is -0.283. The Bertz CT molecular complexity index is 254. The number of ether oxygens (including phenoxy) is 1. The van der Waals surface area contributed by atoms with E-state index in [1.807, 2.05) is 0 Å². The van der Waals surface area contributed by atoms with Crippen molar-refractivity contribution in [2.45, 2.75) is 110 Å². The van der Waals surface area contributed by atoms with Crippen LogP contribution in [0.1, 0.15) is 105 Å². The molecule has 0 radical (unpaired) electrons. The Kier molecular flexibility index (Phi) is 22.8. The molecule has 0 amide bonds. The van der Waals surface area contributed by atoms with Crippen molar-refractivity contribution in [1.29, 1.82) is 0 Å². The predicted molar refractivity (Wildman–Crippen MR) is 96.0 cm³/mol. The number of esters is 1. The molecule has 3 nitrogen and oxygen atoms in total. The van der Waals surface area contributed by atoms with Gasteiger partial charge < -0.3 is 11.9 Å². The molecule has 0 unspecified atom stereocenters. The van der Waals surface area contributed by atoms with Crippen molar-refractivity contribution < 1.29 is 40.5 Å². The van der Waals surface area contributed by atoms with E-state index in [1.165, 1.54) is 77.0 Å². The minimum Gasteiger partial charge on any atom is -1.00 e. The summed E-state index contributed by atoms with van der Waals surface area (Å²) in [6.07, 6.45) is 18.7. The summed E-state index contributed by atoms with van der Waals surface area (Å²) in [4.78, 5) is 11.1. The molecule has 0 fully saturated rings. The SMILES string of the molecule is CCCCCCCCCCCCCCCCOC(=O)[C@@H](C)N.[H-].[Na+]. The number of unbranched alkanes of at least 4 members (excludes halogenated alkanes) is 13. The van der Waals surface area contributed by atoms with Crippen LogP contribution < -0.4 is 35.3 Å². The minimum atomic E-state index is -0.494. The Morgan fingerprint density at radius 2 is 1.17 bits per heavy atom. The Morgan fingerprint density at radius 3 is 1.52 bits per heavy atom. The van der Waals surface area contributed by atoms with Gasteiger partial charge in [-0.2, -0.15) is 0 Å². The quantitative estimate of drug-likeness (QED) is 0.267. The van der Waals surface area contributed by atoms with Gasteiger partial charge in [0.25, 0.3) is 0 Å². The third kappa shape index (κ3) is 20.4. The van der Waals surface area contributed by atoms with Crippen LogP contribution in [0.3, 0.4) is 0 Å². The maximum Gasteiger partial charge on any atom is 1.00 e. The Hall–Kier alpha value is 0.430. The van der Waals surface area contributed by atoms with E-state index in [0.717, 1.165) is 12.8 Å². The number of hydrogen-bond donors (Lipinski definition) is 1. The standard InChI is InChI=1S/C19H39NO2.Na.H/c1-3-4-5-6-7-8-9-10-11-12-13-14-15-16-17-22-19(21)18(2)20;;/h18H,3-17,20H2,1-2H3;;/q;+1;-1/t18-;;/m1../s1. The van der Waals surface area contributed by atoms with E-state index in [1.54, 1.807) is 6.92 Å². The van der Waals surface area contributed by atoms with Gasteiger partial charge in [-0.15, -0.1) is 0 Å². The fraction of sp³-hybridized carbons (Fsp3) is 0.947. The number of nitrogens with two attached hydrogens (primary N) is 1. The van der Waals surface area contributed by atoms with Crippen LogP contribution in [0.15, 0.2) is 0 Å². The van der Waals surface area contributed by atoms with E-state index < -0.39 is 6.04 Å². The fourth-order valence-corrected chi connectivity index (χ4v) is 2.60. The van der Waals surface area contributed by atoms with Crippen LogP contribution in [0.4, 0.5) is 0 Å². The third-order valence-electron chi connectivity index (χ3n) is 4.11. The molecular formula is C19H40NNaO2. The van der Waals surface area contributed by atoms with Crippen LogP contribution in [-0.2, 0) is 9.53 Å². The molecular weight excluding hydrogens is 297 g/mol. The number of rotatable bonds is 16. The molecule has 0 aromatic carbocycles. The maximum atomic E-state index is 11.1. The molecule has 0 spiro atoms. The summed E-state index contributed by atoms with van der Waals surface area (Å²) in [7, 11) is 0. The van der Waals surface area contributed by atoms with Crippen molar-refractivity contribution in [3.05, 3.63) is 0 Å². The maximum absolute atomic E-state index is 11.1. The van der Waals surface area contributed by atoms with E-state index in [2.05, 4.69) is 6.92 Å². The van der Waals surface area contributed by atoms with Crippen molar-refractivity contribution >= 4 is 5.97 Å². The first-order valence-corrected chi connectivity index (χ1v) is 9.60. The van der Waals surface area contributed by atoms with E-state index in [0.29, 0.717) is 6.61 Å². The zero-order chi connectivity index (χ0) is 16.5. The van der Waals surface area contributed by atoms with Gasteiger partial charge in [-0.3, -0.25) is 4.79 Å². The molecule has 0 saturated heterocycles. The van der Waals surface area contributed by atoms with Crippen LogP contribution in [0.5, 0.6) is 0 Å². The molecule has 2 N–H and O–H groups in total. The minimum absolute atomic E-state index is 0. The smallest absolute Gasteiger partial charge is 1.00 e. The van der Waals surface area contributed by atoms with Crippen LogP contribution in [-0.4, -0.2) is 18.6 Å². The number of carbonyl (C=O) groups is 1. The van der Waals surface area contributed by atoms with Gasteiger partial charge in [0, 0.05) is 0 Å². The first-order valence-electron chi connectivity index (χ1n) is 9.60. The van der Waals surface area contributed by atoms with Crippen molar-refractivity contribution in [3.63, 3.8) is 0 Å². The van der Waals surface area contributed by atoms with Gasteiger partial charge in [-0.05, 0) is 13.3 Å². The summed E-state index contributed by atoms with van der Waals surface area (Å²) < 4.78 is 5.05. The second-order valence-electron chi connectivity index (χ2n) is 6.55. The molecule has 0 saturated carbocycles. The van der Waals surface area contributed by atoms with Gasteiger partial charge >= 0.3 is 35.5 Å². The normalized spacial score (nSPS) is 11.8. The van der Waals surface area contributed by atoms with Crippen molar-refractivity contribution in [3.8, 4) is 0 Å². The Labute approximate surface area is 168 Å². The molecule has 0 aromatic rings. The molecule has 134 valence electrons. The predicted octanol–water partition coefficient (Wildman–Crippen LogP) is 2.47. The second kappa shape index (κ2) is 20.5. The number of carbonyl (C=O) groups excluding carboxylic acids is 1. The van der Waals surface area contributed by atoms with E-state index >= 15 is 0 Å². The van der Waals surface area contributed by atoms with Gasteiger partial charge in [-0.1, -0.05) is 90.4 Å². The summed E-state index contributed by atoms with van der Waals surface area (Å²) in [5, 5.41) is 0. The van der Waals surface area contributed by atoms with Crippen LogP contribution in [0, 0.1) is 0 Å². The molecule has 0 heterocycles. The Balaban J connectivity index is -0.00000220. The summed E-state index contributed by atoms with van der Waals surface area (Å²) in [5.41, 5.74) is 5.42. The molecule has 0 aliphatic rings. The fourth-order valence-electron chi connectivity index (χ4n) is 2.60. The van der Waals surface area contributed by atoms with Gasteiger partial charge in [-0.25, -0.2) is 0 Å². The summed E-state index contributed by atoms with van der Waals surface area (Å²) in [6, 6.07) is -0.494. The molecule has 4 heteroatoms. The van der Waals surface area contributed by atoms with E-state index in [9.17, 15) is 4.79 Å². The molecule has 0 aliphatic heterocycles. The molecule has 23 heavy (non-hydrogen) atoms. The largest absolute Gasteiger partial charge is 1.00 e. The zero-order valence-electron chi connectivity index (χ0n) is 17.1. The first kappa shape index (κ1) is 25.7. The van der Waals surface area contributed by atoms with E-state index in [-0.39, 0.29) is 37.0 Å². The van der Waals surface area contributed by atoms with Crippen molar-refractivity contribution in [2.75, 3.05) is 6.61 Å². The van der Waals surface area contributed by atoms with E-state index in [4.69, 9.17) is 10.5 Å². The molecule has 0 bridgehead atoms. The third-order valence-corrected chi connectivity index (χ3v) is 4.11. The molecule has 1 atom stereocenters. The molecule has 0 aromatic heterocycles. The average molecular weight is 338 g/mol. The van der Waals surface area contributed by atoms with Crippen molar-refractivity contribution in [2.24, 2.45) is 5.73 Å². The van der Waals surface area contributed by atoms with Gasteiger partial charge in [0.1, 0.15) is 6.04 Å².